The SMILES string of the molecule is C[C@@H]1C[C@]23OC(=O)C4=C2O[C@H]1[C@H](O)[C@H]3/C=C/C(O)[C@@H](C)C[C@@H](C)C41SCCS1. The highest BCUT2D eigenvalue weighted by atomic mass is 32.2. The van der Waals surface area contributed by atoms with Crippen molar-refractivity contribution < 1.29 is 24.5 Å². The number of hydrogen-bond donors (Lipinski definition) is 2. The number of ether oxygens (including phenoxy) is 2. The minimum absolute atomic E-state index is 0.0645. The van der Waals surface area contributed by atoms with Crippen molar-refractivity contribution in [3.63, 3.8) is 0 Å². The van der Waals surface area contributed by atoms with Crippen LogP contribution in [0.5, 0.6) is 0 Å². The maximum Gasteiger partial charge on any atom is 0.340 e. The molecule has 2 N–H and O–H groups in total. The lowest BCUT2D eigenvalue weighted by Crippen LogP contribution is -2.63. The van der Waals surface area contributed by atoms with Crippen LogP contribution in [0.25, 0.3) is 0 Å². The van der Waals surface area contributed by atoms with Crippen LogP contribution >= 0.6 is 23.5 Å². The standard InChI is InChI=1S/C21H28O5S2/c1-10-8-12(3)21(27-6-7-28-21)15-18-20(26-19(15)24)9-11(2)17(25-18)16(23)13(20)4-5-14(10)22/h4-5,10-14,16-17,22-23H,6-9H2,1-3H3/b5-4+/t10-,11+,12+,13+,14?,16+,17+,20+/m0/s1. The Hall–Kier alpha value is -0.630. The highest BCUT2D eigenvalue weighted by Crippen LogP contribution is 2.64. The maximum atomic E-state index is 13.3. The normalized spacial score (nSPS) is 50.3. The van der Waals surface area contributed by atoms with E-state index in [9.17, 15) is 15.0 Å². The van der Waals surface area contributed by atoms with Crippen LogP contribution in [-0.4, -0.2) is 55.7 Å². The molecular formula is C21H28O5S2. The summed E-state index contributed by atoms with van der Waals surface area (Å²) in [6.07, 6.45) is 3.43. The molecule has 4 fully saturated rings. The second kappa shape index (κ2) is 6.43. The third-order valence-electron chi connectivity index (χ3n) is 7.31. The molecule has 0 amide bonds. The number of thioether (sulfide) groups is 2. The molecule has 1 saturated carbocycles. The summed E-state index contributed by atoms with van der Waals surface area (Å²) in [6.45, 7) is 6.28. The molecular weight excluding hydrogens is 396 g/mol. The van der Waals surface area contributed by atoms with Gasteiger partial charge in [0, 0.05) is 17.9 Å². The average Bonchev–Trinajstić information content (AvgIpc) is 3.22. The third-order valence-corrected chi connectivity index (χ3v) is 11.2. The van der Waals surface area contributed by atoms with E-state index in [0.717, 1.165) is 17.9 Å². The van der Waals surface area contributed by atoms with Gasteiger partial charge in [0.05, 0.1) is 16.1 Å². The van der Waals surface area contributed by atoms with E-state index in [-0.39, 0.29) is 35.7 Å². The second-order valence-corrected chi connectivity index (χ2v) is 12.1. The predicted octanol–water partition coefficient (Wildman–Crippen LogP) is 2.72. The Balaban J connectivity index is 1.75. The largest absolute Gasteiger partial charge is 0.487 e. The number of aliphatic hydroxyl groups is 2. The van der Waals surface area contributed by atoms with Crippen molar-refractivity contribution in [3.8, 4) is 0 Å². The van der Waals surface area contributed by atoms with E-state index in [0.29, 0.717) is 17.8 Å². The molecule has 3 saturated heterocycles. The van der Waals surface area contributed by atoms with Crippen LogP contribution in [-0.2, 0) is 14.3 Å². The van der Waals surface area contributed by atoms with Crippen molar-refractivity contribution in [2.45, 2.75) is 61.6 Å². The number of carbonyl (C=O) groups excluding carboxylic acids is 1. The first-order chi connectivity index (χ1) is 13.3. The lowest BCUT2D eigenvalue weighted by atomic mass is 9.64. The molecule has 0 aromatic carbocycles. The zero-order valence-electron chi connectivity index (χ0n) is 16.5. The molecule has 6 rings (SSSR count). The van der Waals surface area contributed by atoms with Gasteiger partial charge in [-0.3, -0.25) is 0 Å². The monoisotopic (exact) mass is 424 g/mol. The number of aliphatic hydroxyl groups excluding tert-OH is 2. The Morgan fingerprint density at radius 2 is 1.82 bits per heavy atom. The lowest BCUT2D eigenvalue weighted by Gasteiger charge is -2.54. The summed E-state index contributed by atoms with van der Waals surface area (Å²) in [5.74, 6) is 2.30. The fourth-order valence-corrected chi connectivity index (χ4v) is 9.41. The first kappa shape index (κ1) is 19.3. The molecule has 2 aliphatic carbocycles. The number of fused-ring (bicyclic) bond motifs is 2. The van der Waals surface area contributed by atoms with Crippen molar-refractivity contribution in [1.29, 1.82) is 0 Å². The van der Waals surface area contributed by atoms with Crippen molar-refractivity contribution in [2.75, 3.05) is 11.5 Å². The van der Waals surface area contributed by atoms with Gasteiger partial charge in [-0.25, -0.2) is 4.79 Å². The van der Waals surface area contributed by atoms with E-state index in [4.69, 9.17) is 9.47 Å². The van der Waals surface area contributed by atoms with Crippen LogP contribution in [0, 0.1) is 23.7 Å². The van der Waals surface area contributed by atoms with Gasteiger partial charge in [-0.15, -0.1) is 23.5 Å². The maximum absolute atomic E-state index is 13.3. The highest BCUT2D eigenvalue weighted by molar-refractivity contribution is 8.21. The van der Waals surface area contributed by atoms with E-state index in [1.165, 1.54) is 0 Å². The van der Waals surface area contributed by atoms with Crippen LogP contribution < -0.4 is 0 Å². The fourth-order valence-electron chi connectivity index (χ4n) is 5.90. The van der Waals surface area contributed by atoms with Crippen LogP contribution in [0.1, 0.15) is 33.6 Å². The molecule has 5 nitrogen and oxygen atoms in total. The van der Waals surface area contributed by atoms with Crippen LogP contribution in [0.3, 0.4) is 0 Å². The van der Waals surface area contributed by atoms with Crippen LogP contribution in [0.2, 0.25) is 0 Å². The van der Waals surface area contributed by atoms with E-state index in [1.54, 1.807) is 6.08 Å². The van der Waals surface area contributed by atoms with Crippen LogP contribution in [0.4, 0.5) is 0 Å². The van der Waals surface area contributed by atoms with Crippen LogP contribution in [0.15, 0.2) is 23.5 Å². The first-order valence-corrected chi connectivity index (χ1v) is 12.2. The number of hydrogen-bond acceptors (Lipinski definition) is 7. The lowest BCUT2D eigenvalue weighted by molar-refractivity contribution is -0.220. The van der Waals surface area contributed by atoms with Crippen molar-refractivity contribution in [1.82, 2.24) is 0 Å². The quantitative estimate of drug-likeness (QED) is 0.457. The molecule has 7 heteroatoms. The predicted molar refractivity (Wildman–Crippen MR) is 110 cm³/mol. The summed E-state index contributed by atoms with van der Waals surface area (Å²) in [7, 11) is 0. The molecule has 4 aliphatic heterocycles. The third kappa shape index (κ3) is 2.39. The van der Waals surface area contributed by atoms with Gasteiger partial charge >= 0.3 is 5.97 Å². The molecule has 0 aromatic rings. The van der Waals surface area contributed by atoms with Gasteiger partial charge in [-0.1, -0.05) is 32.9 Å². The van der Waals surface area contributed by atoms with Gasteiger partial charge in [0.15, 0.2) is 11.4 Å². The zero-order chi connectivity index (χ0) is 19.8. The summed E-state index contributed by atoms with van der Waals surface area (Å²) in [6, 6.07) is 0. The molecule has 5 bridgehead atoms. The molecule has 6 aliphatic rings. The van der Waals surface area contributed by atoms with E-state index >= 15 is 0 Å². The molecule has 154 valence electrons. The van der Waals surface area contributed by atoms with E-state index in [2.05, 4.69) is 13.8 Å². The van der Waals surface area contributed by atoms with Gasteiger partial charge in [0.25, 0.3) is 0 Å². The zero-order valence-corrected chi connectivity index (χ0v) is 18.1. The summed E-state index contributed by atoms with van der Waals surface area (Å²) in [5, 5.41) is 21.7. The Kier molecular flexibility index (Phi) is 4.44. The first-order valence-electron chi connectivity index (χ1n) is 10.3. The summed E-state index contributed by atoms with van der Waals surface area (Å²) >= 11 is 3.63. The molecule has 2 spiro atoms. The van der Waals surface area contributed by atoms with Gasteiger partial charge in [0.2, 0.25) is 0 Å². The molecule has 0 aromatic heterocycles. The average molecular weight is 425 g/mol. The highest BCUT2D eigenvalue weighted by Gasteiger charge is 2.69. The molecule has 4 heterocycles. The van der Waals surface area contributed by atoms with Crippen molar-refractivity contribution in [2.24, 2.45) is 23.7 Å². The minimum Gasteiger partial charge on any atom is -0.487 e. The van der Waals surface area contributed by atoms with Gasteiger partial charge < -0.3 is 19.7 Å². The molecule has 1 unspecified atom stereocenters. The molecule has 0 radical (unpaired) electrons. The second-order valence-electron chi connectivity index (χ2n) is 9.12. The summed E-state index contributed by atoms with van der Waals surface area (Å²) in [5.41, 5.74) is -0.265. The van der Waals surface area contributed by atoms with Crippen molar-refractivity contribution in [3.05, 3.63) is 23.5 Å². The molecule has 28 heavy (non-hydrogen) atoms. The van der Waals surface area contributed by atoms with Gasteiger partial charge in [-0.05, 0) is 24.2 Å². The number of carbonyl (C=O) groups is 1. The molecule has 8 atom stereocenters. The fraction of sp³-hybridized carbons (Fsp3) is 0.762. The Labute approximate surface area is 174 Å². The number of esters is 1. The van der Waals surface area contributed by atoms with Gasteiger partial charge in [0.1, 0.15) is 17.8 Å². The topological polar surface area (TPSA) is 76.0 Å². The number of rotatable bonds is 0. The minimum atomic E-state index is -0.944. The van der Waals surface area contributed by atoms with Gasteiger partial charge in [-0.2, -0.15) is 0 Å². The summed E-state index contributed by atoms with van der Waals surface area (Å²) < 4.78 is 12.1. The van der Waals surface area contributed by atoms with Crippen molar-refractivity contribution >= 4 is 29.5 Å². The van der Waals surface area contributed by atoms with E-state index in [1.807, 2.05) is 36.5 Å². The Morgan fingerprint density at radius 3 is 2.54 bits per heavy atom. The summed E-state index contributed by atoms with van der Waals surface area (Å²) in [4.78, 5) is 13.3. The van der Waals surface area contributed by atoms with E-state index < -0.39 is 21.9 Å². The Morgan fingerprint density at radius 1 is 1.11 bits per heavy atom. The Bertz CT molecular complexity index is 758. The smallest absolute Gasteiger partial charge is 0.340 e.